The Balaban J connectivity index is 1.97. The van der Waals surface area contributed by atoms with E-state index in [0.717, 1.165) is 12.1 Å². The van der Waals surface area contributed by atoms with E-state index in [1.54, 1.807) is 29.7 Å². The molecule has 5 heteroatoms. The van der Waals surface area contributed by atoms with E-state index in [4.69, 9.17) is 0 Å². The normalized spacial score (nSPS) is 14.4. The second kappa shape index (κ2) is 5.31. The van der Waals surface area contributed by atoms with Crippen LogP contribution in [0.4, 0.5) is 0 Å². The van der Waals surface area contributed by atoms with Gasteiger partial charge < -0.3 is 9.88 Å². The number of hydrogen-bond donors (Lipinski definition) is 1. The van der Waals surface area contributed by atoms with Crippen LogP contribution in [0.1, 0.15) is 35.8 Å². The van der Waals surface area contributed by atoms with Crippen LogP contribution in [-0.2, 0) is 6.54 Å². The number of aromatic nitrogens is 2. The molecule has 0 aliphatic heterocycles. The topological polar surface area (TPSA) is 64.0 Å². The molecule has 1 aliphatic carbocycles. The molecule has 21 heavy (non-hydrogen) atoms. The van der Waals surface area contributed by atoms with Crippen molar-refractivity contribution in [1.82, 2.24) is 14.9 Å². The minimum absolute atomic E-state index is 0.0718. The van der Waals surface area contributed by atoms with Crippen LogP contribution >= 0.6 is 0 Å². The highest BCUT2D eigenvalue weighted by atomic mass is 16.1. The van der Waals surface area contributed by atoms with Crippen molar-refractivity contribution < 1.29 is 4.79 Å². The molecule has 0 atom stereocenters. The van der Waals surface area contributed by atoms with Gasteiger partial charge in [0.25, 0.3) is 11.5 Å². The molecule has 1 aromatic heterocycles. The maximum Gasteiger partial charge on any atom is 0.272 e. The number of carbonyl (C=O) groups is 1. The number of carbonyl (C=O) groups excluding carboxylic acids is 1. The highest BCUT2D eigenvalue weighted by Crippen LogP contribution is 2.27. The molecule has 1 aromatic carbocycles. The zero-order chi connectivity index (χ0) is 15.0. The highest BCUT2D eigenvalue weighted by molar-refractivity contribution is 5.97. The standard InChI is InChI=1S/C16H19N3O2/c1-3-19-14-7-6-12(15(20)17-9-11-4-5-11)8-13(14)18-10(2)16(19)21/h6-8,11H,3-5,9H2,1-2H3,(H,17,20). The summed E-state index contributed by atoms with van der Waals surface area (Å²) >= 11 is 0. The second-order valence-electron chi connectivity index (χ2n) is 5.60. The van der Waals surface area contributed by atoms with Gasteiger partial charge in [-0.2, -0.15) is 0 Å². The van der Waals surface area contributed by atoms with Crippen LogP contribution in [0.2, 0.25) is 0 Å². The Labute approximate surface area is 123 Å². The Morgan fingerprint density at radius 1 is 1.43 bits per heavy atom. The van der Waals surface area contributed by atoms with Gasteiger partial charge in [-0.15, -0.1) is 0 Å². The molecule has 1 fully saturated rings. The lowest BCUT2D eigenvalue weighted by Gasteiger charge is -2.10. The van der Waals surface area contributed by atoms with E-state index >= 15 is 0 Å². The molecule has 0 unspecified atom stereocenters. The first-order valence-corrected chi connectivity index (χ1v) is 7.39. The number of fused-ring (bicyclic) bond motifs is 1. The van der Waals surface area contributed by atoms with Crippen LogP contribution in [0.25, 0.3) is 11.0 Å². The van der Waals surface area contributed by atoms with Gasteiger partial charge in [-0.1, -0.05) is 0 Å². The van der Waals surface area contributed by atoms with Crippen molar-refractivity contribution in [2.75, 3.05) is 6.54 Å². The maximum absolute atomic E-state index is 12.1. The first kappa shape index (κ1) is 13.8. The molecule has 110 valence electrons. The second-order valence-corrected chi connectivity index (χ2v) is 5.60. The lowest BCUT2D eigenvalue weighted by molar-refractivity contribution is 0.0952. The third kappa shape index (κ3) is 2.68. The molecule has 1 heterocycles. The van der Waals surface area contributed by atoms with Crippen LogP contribution in [0.5, 0.6) is 0 Å². The van der Waals surface area contributed by atoms with Crippen molar-refractivity contribution in [2.45, 2.75) is 33.2 Å². The average Bonchev–Trinajstić information content (AvgIpc) is 3.30. The van der Waals surface area contributed by atoms with E-state index < -0.39 is 0 Å². The van der Waals surface area contributed by atoms with Crippen LogP contribution in [0.3, 0.4) is 0 Å². The van der Waals surface area contributed by atoms with Crippen LogP contribution in [-0.4, -0.2) is 22.0 Å². The molecular formula is C16H19N3O2. The fraction of sp³-hybridized carbons (Fsp3) is 0.438. The van der Waals surface area contributed by atoms with Gasteiger partial charge in [0.05, 0.1) is 11.0 Å². The van der Waals surface area contributed by atoms with Gasteiger partial charge in [0.1, 0.15) is 5.69 Å². The predicted octanol–water partition coefficient (Wildman–Crippen LogP) is 1.86. The zero-order valence-electron chi connectivity index (χ0n) is 12.3. The minimum atomic E-state index is -0.0732. The largest absolute Gasteiger partial charge is 0.352 e. The first-order valence-electron chi connectivity index (χ1n) is 7.39. The van der Waals surface area contributed by atoms with Crippen molar-refractivity contribution in [3.63, 3.8) is 0 Å². The summed E-state index contributed by atoms with van der Waals surface area (Å²) in [5.41, 5.74) is 2.44. The fourth-order valence-corrected chi connectivity index (χ4v) is 2.49. The summed E-state index contributed by atoms with van der Waals surface area (Å²) in [5, 5.41) is 2.94. The summed E-state index contributed by atoms with van der Waals surface area (Å²) in [7, 11) is 0. The maximum atomic E-state index is 12.1. The predicted molar refractivity (Wildman–Crippen MR) is 81.5 cm³/mol. The zero-order valence-corrected chi connectivity index (χ0v) is 12.3. The van der Waals surface area contributed by atoms with Crippen molar-refractivity contribution in [1.29, 1.82) is 0 Å². The van der Waals surface area contributed by atoms with Gasteiger partial charge in [-0.05, 0) is 50.8 Å². The first-order chi connectivity index (χ1) is 10.1. The number of nitrogens with one attached hydrogen (secondary N) is 1. The number of nitrogens with zero attached hydrogens (tertiary/aromatic N) is 2. The fourth-order valence-electron chi connectivity index (χ4n) is 2.49. The van der Waals surface area contributed by atoms with Crippen molar-refractivity contribution >= 4 is 16.9 Å². The number of hydrogen-bond acceptors (Lipinski definition) is 3. The summed E-state index contributed by atoms with van der Waals surface area (Å²) in [4.78, 5) is 28.5. The number of rotatable bonds is 4. The molecule has 0 bridgehead atoms. The Morgan fingerprint density at radius 3 is 2.86 bits per heavy atom. The highest BCUT2D eigenvalue weighted by Gasteiger charge is 2.22. The molecule has 0 radical (unpaired) electrons. The summed E-state index contributed by atoms with van der Waals surface area (Å²) in [6.45, 7) is 4.97. The van der Waals surface area contributed by atoms with Gasteiger partial charge >= 0.3 is 0 Å². The van der Waals surface area contributed by atoms with Crippen LogP contribution in [0.15, 0.2) is 23.0 Å². The molecule has 3 rings (SSSR count). The van der Waals surface area contributed by atoms with E-state index in [1.807, 2.05) is 6.92 Å². The average molecular weight is 285 g/mol. The molecule has 1 N–H and O–H groups in total. The van der Waals surface area contributed by atoms with Crippen LogP contribution < -0.4 is 10.9 Å². The van der Waals surface area contributed by atoms with Crippen molar-refractivity contribution in [2.24, 2.45) is 5.92 Å². The number of aryl methyl sites for hydroxylation is 2. The quantitative estimate of drug-likeness (QED) is 0.932. The van der Waals surface area contributed by atoms with E-state index in [0.29, 0.717) is 29.2 Å². The summed E-state index contributed by atoms with van der Waals surface area (Å²) < 4.78 is 1.68. The van der Waals surface area contributed by atoms with Gasteiger partial charge in [-0.25, -0.2) is 4.98 Å². The van der Waals surface area contributed by atoms with E-state index in [9.17, 15) is 9.59 Å². The van der Waals surface area contributed by atoms with Gasteiger partial charge in [0, 0.05) is 18.7 Å². The Hall–Kier alpha value is -2.17. The number of amides is 1. The lowest BCUT2D eigenvalue weighted by atomic mass is 10.1. The Kier molecular flexibility index (Phi) is 3.49. The molecular weight excluding hydrogens is 266 g/mol. The van der Waals surface area contributed by atoms with E-state index in [-0.39, 0.29) is 11.5 Å². The van der Waals surface area contributed by atoms with Crippen LogP contribution in [0, 0.1) is 12.8 Å². The number of benzene rings is 1. The summed E-state index contributed by atoms with van der Waals surface area (Å²) in [6, 6.07) is 5.32. The molecule has 5 nitrogen and oxygen atoms in total. The Bertz CT molecular complexity index is 760. The minimum Gasteiger partial charge on any atom is -0.352 e. The molecule has 1 amide bonds. The van der Waals surface area contributed by atoms with Gasteiger partial charge in [0.2, 0.25) is 0 Å². The van der Waals surface area contributed by atoms with E-state index in [1.165, 1.54) is 12.8 Å². The van der Waals surface area contributed by atoms with E-state index in [2.05, 4.69) is 10.3 Å². The molecule has 0 spiro atoms. The van der Waals surface area contributed by atoms with Crippen molar-refractivity contribution in [3.05, 3.63) is 39.8 Å². The lowest BCUT2D eigenvalue weighted by Crippen LogP contribution is -2.26. The van der Waals surface area contributed by atoms with Gasteiger partial charge in [-0.3, -0.25) is 9.59 Å². The molecule has 1 aliphatic rings. The Morgan fingerprint density at radius 2 is 2.19 bits per heavy atom. The molecule has 2 aromatic rings. The molecule has 1 saturated carbocycles. The van der Waals surface area contributed by atoms with Crippen molar-refractivity contribution in [3.8, 4) is 0 Å². The summed E-state index contributed by atoms with van der Waals surface area (Å²) in [5.74, 6) is 0.581. The monoisotopic (exact) mass is 285 g/mol. The molecule has 0 saturated heterocycles. The summed E-state index contributed by atoms with van der Waals surface area (Å²) in [6.07, 6.45) is 2.42. The SMILES string of the molecule is CCn1c(=O)c(C)nc2cc(C(=O)NCC3CC3)ccc21. The third-order valence-electron chi connectivity index (χ3n) is 3.94. The smallest absolute Gasteiger partial charge is 0.272 e. The third-order valence-corrected chi connectivity index (χ3v) is 3.94. The van der Waals surface area contributed by atoms with Gasteiger partial charge in [0.15, 0.2) is 0 Å².